The summed E-state index contributed by atoms with van der Waals surface area (Å²) in [5.74, 6) is 0.363. The van der Waals surface area contributed by atoms with Gasteiger partial charge in [0.15, 0.2) is 0 Å². The van der Waals surface area contributed by atoms with Crippen LogP contribution in [0.4, 0.5) is 19.0 Å². The Bertz CT molecular complexity index is 1230. The summed E-state index contributed by atoms with van der Waals surface area (Å²) in [6.45, 7) is 2.16. The van der Waals surface area contributed by atoms with Crippen molar-refractivity contribution < 1.29 is 23.1 Å². The maximum absolute atomic E-state index is 13.0. The zero-order valence-corrected chi connectivity index (χ0v) is 19.8. The minimum atomic E-state index is -4.36. The number of piperidine rings is 1. The van der Waals surface area contributed by atoms with E-state index in [4.69, 9.17) is 5.73 Å². The highest BCUT2D eigenvalue weighted by Gasteiger charge is 2.35. The number of benzene rings is 1. The van der Waals surface area contributed by atoms with E-state index >= 15 is 0 Å². The van der Waals surface area contributed by atoms with Gasteiger partial charge in [-0.15, -0.1) is 0 Å². The van der Waals surface area contributed by atoms with Crippen LogP contribution >= 0.6 is 0 Å². The van der Waals surface area contributed by atoms with E-state index in [2.05, 4.69) is 14.9 Å². The third kappa shape index (κ3) is 5.31. The Morgan fingerprint density at radius 2 is 1.83 bits per heavy atom. The molecule has 0 bridgehead atoms. The Hall–Kier alpha value is -3.18. The molecular formula is C25H29F3N6O2. The normalized spacial score (nSPS) is 18.4. The first-order valence-electron chi connectivity index (χ1n) is 12.1. The highest BCUT2D eigenvalue weighted by Crippen LogP contribution is 2.37. The Labute approximate surface area is 206 Å². The molecule has 1 aromatic carbocycles. The van der Waals surface area contributed by atoms with E-state index in [1.807, 2.05) is 21.7 Å². The number of primary amides is 1. The Morgan fingerprint density at radius 3 is 2.44 bits per heavy atom. The van der Waals surface area contributed by atoms with E-state index in [9.17, 15) is 23.1 Å². The van der Waals surface area contributed by atoms with Gasteiger partial charge in [0, 0.05) is 31.9 Å². The van der Waals surface area contributed by atoms with Crippen LogP contribution in [0.2, 0.25) is 0 Å². The van der Waals surface area contributed by atoms with Crippen LogP contribution in [-0.4, -0.2) is 61.7 Å². The number of aromatic nitrogens is 3. The zero-order valence-electron chi connectivity index (χ0n) is 19.8. The number of hydrogen-bond donors (Lipinski definition) is 2. The lowest BCUT2D eigenvalue weighted by Crippen LogP contribution is -2.48. The van der Waals surface area contributed by atoms with Crippen LogP contribution in [0, 0.1) is 0 Å². The minimum absolute atomic E-state index is 0.190. The van der Waals surface area contributed by atoms with E-state index in [0.29, 0.717) is 44.7 Å². The molecule has 5 rings (SSSR count). The van der Waals surface area contributed by atoms with Crippen molar-refractivity contribution in [2.24, 2.45) is 5.73 Å². The molecule has 1 saturated heterocycles. The number of aliphatic hydroxyl groups is 1. The molecule has 2 aromatic heterocycles. The first kappa shape index (κ1) is 24.5. The van der Waals surface area contributed by atoms with Gasteiger partial charge in [-0.25, -0.2) is 9.97 Å². The fraction of sp³-hybridized carbons (Fsp3) is 0.480. The van der Waals surface area contributed by atoms with Gasteiger partial charge in [-0.2, -0.15) is 13.2 Å². The molecule has 0 atom stereocenters. The first-order chi connectivity index (χ1) is 17.1. The number of alkyl halides is 3. The van der Waals surface area contributed by atoms with Crippen molar-refractivity contribution in [3.63, 3.8) is 0 Å². The lowest BCUT2D eigenvalue weighted by atomic mass is 9.91. The Balaban J connectivity index is 1.35. The van der Waals surface area contributed by atoms with Gasteiger partial charge in [-0.3, -0.25) is 9.69 Å². The van der Waals surface area contributed by atoms with Crippen LogP contribution in [0.15, 0.2) is 42.9 Å². The summed E-state index contributed by atoms with van der Waals surface area (Å²) in [5, 5.41) is 12.0. The highest BCUT2D eigenvalue weighted by atomic mass is 19.4. The quantitative estimate of drug-likeness (QED) is 0.491. The number of nitrogens with zero attached hydrogens (tertiary/aromatic N) is 5. The predicted molar refractivity (Wildman–Crippen MR) is 128 cm³/mol. The van der Waals surface area contributed by atoms with Crippen LogP contribution in [0.5, 0.6) is 0 Å². The summed E-state index contributed by atoms with van der Waals surface area (Å²) in [6, 6.07) is 7.46. The molecular weight excluding hydrogens is 473 g/mol. The molecule has 1 aliphatic carbocycles. The van der Waals surface area contributed by atoms with E-state index < -0.39 is 17.3 Å². The van der Waals surface area contributed by atoms with Crippen LogP contribution in [0.3, 0.4) is 0 Å². The van der Waals surface area contributed by atoms with Crippen LogP contribution in [0.25, 0.3) is 11.0 Å². The van der Waals surface area contributed by atoms with Crippen molar-refractivity contribution in [3.05, 3.63) is 54.0 Å². The van der Waals surface area contributed by atoms with Crippen molar-refractivity contribution in [1.29, 1.82) is 0 Å². The van der Waals surface area contributed by atoms with Gasteiger partial charge in [0.05, 0.1) is 29.6 Å². The molecule has 3 N–H and O–H groups in total. The topological polar surface area (TPSA) is 101 Å². The number of anilines is 1. The molecule has 2 aliphatic rings. The molecule has 2 fully saturated rings. The lowest BCUT2D eigenvalue weighted by molar-refractivity contribution is -0.137. The van der Waals surface area contributed by atoms with Gasteiger partial charge >= 0.3 is 6.18 Å². The van der Waals surface area contributed by atoms with Gasteiger partial charge < -0.3 is 20.3 Å². The molecule has 192 valence electrons. The maximum Gasteiger partial charge on any atom is 0.416 e. The second-order valence-corrected chi connectivity index (χ2v) is 9.90. The van der Waals surface area contributed by atoms with Crippen molar-refractivity contribution >= 4 is 22.8 Å². The largest absolute Gasteiger partial charge is 0.416 e. The minimum Gasteiger partial charge on any atom is -0.388 e. The second kappa shape index (κ2) is 9.36. The number of nitrogens with two attached hydrogens (primary N) is 1. The summed E-state index contributed by atoms with van der Waals surface area (Å²) in [6.07, 6.45) is 2.04. The van der Waals surface area contributed by atoms with Crippen LogP contribution in [0.1, 0.15) is 36.8 Å². The van der Waals surface area contributed by atoms with E-state index in [-0.39, 0.29) is 18.5 Å². The number of likely N-dealkylation sites (tertiary alicyclic amines) is 1. The Kier molecular flexibility index (Phi) is 6.37. The number of hydrogen-bond acceptors (Lipinski definition) is 6. The summed E-state index contributed by atoms with van der Waals surface area (Å²) < 4.78 is 40.8. The summed E-state index contributed by atoms with van der Waals surface area (Å²) in [7, 11) is 0. The number of fused-ring (bicyclic) bond motifs is 1. The van der Waals surface area contributed by atoms with Crippen LogP contribution in [-0.2, 0) is 24.1 Å². The number of amides is 1. The third-order valence-corrected chi connectivity index (χ3v) is 7.06. The summed E-state index contributed by atoms with van der Waals surface area (Å²) in [4.78, 5) is 24.3. The van der Waals surface area contributed by atoms with E-state index in [1.165, 1.54) is 18.5 Å². The molecule has 0 unspecified atom stereocenters. The van der Waals surface area contributed by atoms with Gasteiger partial charge in [0.1, 0.15) is 17.8 Å². The Morgan fingerprint density at radius 1 is 1.14 bits per heavy atom. The van der Waals surface area contributed by atoms with Crippen LogP contribution < -0.4 is 10.6 Å². The molecule has 8 nitrogen and oxygen atoms in total. The molecule has 3 heterocycles. The average molecular weight is 503 g/mol. The van der Waals surface area contributed by atoms with Crippen molar-refractivity contribution in [2.45, 2.75) is 56.6 Å². The highest BCUT2D eigenvalue weighted by molar-refractivity contribution is 5.88. The molecule has 0 radical (unpaired) electrons. The first-order valence-corrected chi connectivity index (χ1v) is 12.1. The smallest absolute Gasteiger partial charge is 0.388 e. The maximum atomic E-state index is 13.0. The summed E-state index contributed by atoms with van der Waals surface area (Å²) in [5.41, 5.74) is 5.17. The number of halogens is 3. The molecule has 11 heteroatoms. The van der Waals surface area contributed by atoms with Gasteiger partial charge in [0.25, 0.3) is 0 Å². The molecule has 0 spiro atoms. The second-order valence-electron chi connectivity index (χ2n) is 9.90. The van der Waals surface area contributed by atoms with Gasteiger partial charge in [-0.1, -0.05) is 12.1 Å². The van der Waals surface area contributed by atoms with E-state index in [0.717, 1.165) is 41.7 Å². The number of carbonyl (C=O) groups excluding carboxylic acids is 1. The molecule has 1 saturated carbocycles. The van der Waals surface area contributed by atoms with Crippen molar-refractivity contribution in [1.82, 2.24) is 19.4 Å². The zero-order chi connectivity index (χ0) is 25.5. The fourth-order valence-electron chi connectivity index (χ4n) is 4.93. The lowest BCUT2D eigenvalue weighted by Gasteiger charge is -2.38. The van der Waals surface area contributed by atoms with Crippen molar-refractivity contribution in [2.75, 3.05) is 24.5 Å². The summed E-state index contributed by atoms with van der Waals surface area (Å²) >= 11 is 0. The third-order valence-electron chi connectivity index (χ3n) is 7.06. The molecule has 1 aliphatic heterocycles. The SMILES string of the molecule is NC(=O)CN1CCC(O)(Cn2ccc3c(N(Cc4ccc(C(F)(F)F)cc4)C4CC4)ncnc32)CC1. The monoisotopic (exact) mass is 502 g/mol. The molecule has 3 aromatic rings. The predicted octanol–water partition coefficient (Wildman–Crippen LogP) is 2.93. The fourth-order valence-corrected chi connectivity index (χ4v) is 4.93. The van der Waals surface area contributed by atoms with Crippen molar-refractivity contribution in [3.8, 4) is 0 Å². The number of rotatable bonds is 8. The van der Waals surface area contributed by atoms with E-state index in [1.54, 1.807) is 0 Å². The van der Waals surface area contributed by atoms with Gasteiger partial charge in [-0.05, 0) is 49.4 Å². The number of carbonyl (C=O) groups is 1. The van der Waals surface area contributed by atoms with Gasteiger partial charge in [0.2, 0.25) is 5.91 Å². The molecule has 1 amide bonds. The molecule has 36 heavy (non-hydrogen) atoms. The standard InChI is InChI=1S/C25H29F3N6O2/c26-25(27,28)18-3-1-17(2-4-18)13-34(19-5-6-19)23-20-7-10-33(22(20)30-16-31-23)15-24(36)8-11-32(12-9-24)14-21(29)35/h1-4,7,10,16,19,36H,5-6,8-9,11-15H2,(H2,29,35). The average Bonchev–Trinajstić information content (AvgIpc) is 3.59.